The summed E-state index contributed by atoms with van der Waals surface area (Å²) in [6, 6.07) is 13.0. The zero-order valence-corrected chi connectivity index (χ0v) is 15.7. The lowest BCUT2D eigenvalue weighted by Gasteiger charge is -2.17. The van der Waals surface area contributed by atoms with E-state index in [4.69, 9.17) is 9.84 Å². The Morgan fingerprint density at radius 1 is 1.25 bits per heavy atom. The number of pyridine rings is 1. The van der Waals surface area contributed by atoms with Gasteiger partial charge in [0.2, 0.25) is 0 Å². The van der Waals surface area contributed by atoms with Crippen LogP contribution in [0.15, 0.2) is 54.4 Å². The minimum absolute atomic E-state index is 0.0713. The summed E-state index contributed by atoms with van der Waals surface area (Å²) in [6.07, 6.45) is 2.26. The first-order valence-electron chi connectivity index (χ1n) is 9.11. The Hall–Kier alpha value is -3.35. The van der Waals surface area contributed by atoms with Crippen LogP contribution >= 0.6 is 0 Å². The Balaban J connectivity index is 1.63. The second-order valence-electron chi connectivity index (χ2n) is 6.46. The van der Waals surface area contributed by atoms with E-state index in [2.05, 4.69) is 10.3 Å². The normalized spacial score (nSPS) is 13.8. The van der Waals surface area contributed by atoms with Crippen LogP contribution in [0.3, 0.4) is 0 Å². The standard InChI is InChI=1S/C21H23N3O4/c1-28-17-14-24(13-12-23-18-4-2-3-11-22-18)21(27)20(17)16-8-5-15(6-9-16)7-10-19(25)26/h2-6,8-9,11H,7,10,12-14H2,1H3,(H,22,23)(H,25,26). The molecule has 7 heteroatoms. The van der Waals surface area contributed by atoms with Gasteiger partial charge in [-0.25, -0.2) is 4.98 Å². The third-order valence-corrected chi connectivity index (χ3v) is 4.58. The highest BCUT2D eigenvalue weighted by Crippen LogP contribution is 2.29. The average molecular weight is 381 g/mol. The molecule has 0 fully saturated rings. The van der Waals surface area contributed by atoms with Crippen LogP contribution in [0.1, 0.15) is 17.5 Å². The number of rotatable bonds is 9. The SMILES string of the molecule is COC1=C(c2ccc(CCC(=O)O)cc2)C(=O)N(CCNc2ccccn2)C1. The zero-order chi connectivity index (χ0) is 19.9. The first-order chi connectivity index (χ1) is 13.6. The number of ether oxygens (including phenoxy) is 1. The second kappa shape index (κ2) is 9.03. The first-order valence-corrected chi connectivity index (χ1v) is 9.11. The molecule has 0 spiro atoms. The van der Waals surface area contributed by atoms with Crippen molar-refractivity contribution in [1.29, 1.82) is 0 Å². The van der Waals surface area contributed by atoms with E-state index in [0.29, 0.717) is 37.4 Å². The van der Waals surface area contributed by atoms with Gasteiger partial charge in [0, 0.05) is 25.7 Å². The molecule has 0 saturated heterocycles. The lowest BCUT2D eigenvalue weighted by atomic mass is 10.0. The van der Waals surface area contributed by atoms with Crippen molar-refractivity contribution in [2.24, 2.45) is 0 Å². The van der Waals surface area contributed by atoms with Crippen LogP contribution < -0.4 is 5.32 Å². The number of aromatic nitrogens is 1. The maximum absolute atomic E-state index is 12.9. The van der Waals surface area contributed by atoms with E-state index in [1.165, 1.54) is 0 Å². The van der Waals surface area contributed by atoms with Crippen molar-refractivity contribution in [3.05, 3.63) is 65.5 Å². The maximum atomic E-state index is 12.9. The van der Waals surface area contributed by atoms with Crippen molar-refractivity contribution in [2.45, 2.75) is 12.8 Å². The molecule has 146 valence electrons. The number of nitrogens with one attached hydrogen (secondary N) is 1. The van der Waals surface area contributed by atoms with Crippen molar-refractivity contribution < 1.29 is 19.4 Å². The van der Waals surface area contributed by atoms with Gasteiger partial charge in [0.05, 0.1) is 19.2 Å². The Morgan fingerprint density at radius 3 is 2.68 bits per heavy atom. The molecule has 1 aliphatic rings. The van der Waals surface area contributed by atoms with Gasteiger partial charge >= 0.3 is 5.97 Å². The number of benzene rings is 1. The fourth-order valence-electron chi connectivity index (χ4n) is 3.11. The van der Waals surface area contributed by atoms with E-state index in [9.17, 15) is 9.59 Å². The molecule has 28 heavy (non-hydrogen) atoms. The maximum Gasteiger partial charge on any atom is 0.303 e. The second-order valence-corrected chi connectivity index (χ2v) is 6.46. The van der Waals surface area contributed by atoms with Gasteiger partial charge in [0.15, 0.2) is 0 Å². The van der Waals surface area contributed by atoms with Crippen LogP contribution in [0.5, 0.6) is 0 Å². The largest absolute Gasteiger partial charge is 0.498 e. The first kappa shape index (κ1) is 19.4. The van der Waals surface area contributed by atoms with Crippen LogP contribution in [0.2, 0.25) is 0 Å². The summed E-state index contributed by atoms with van der Waals surface area (Å²) in [7, 11) is 1.57. The van der Waals surface area contributed by atoms with E-state index < -0.39 is 5.97 Å². The number of nitrogens with zero attached hydrogens (tertiary/aromatic N) is 2. The van der Waals surface area contributed by atoms with Gasteiger partial charge in [-0.05, 0) is 29.7 Å². The topological polar surface area (TPSA) is 91.8 Å². The Bertz CT molecular complexity index is 863. The van der Waals surface area contributed by atoms with Gasteiger partial charge in [0.1, 0.15) is 11.6 Å². The molecule has 0 bridgehead atoms. The number of hydrogen-bond donors (Lipinski definition) is 2. The average Bonchev–Trinajstić information content (AvgIpc) is 3.03. The van der Waals surface area contributed by atoms with Crippen molar-refractivity contribution in [2.75, 3.05) is 32.1 Å². The highest BCUT2D eigenvalue weighted by Gasteiger charge is 2.31. The lowest BCUT2D eigenvalue weighted by molar-refractivity contribution is -0.137. The molecule has 1 amide bonds. The number of carbonyl (C=O) groups is 2. The molecule has 0 saturated carbocycles. The van der Waals surface area contributed by atoms with Crippen molar-refractivity contribution in [1.82, 2.24) is 9.88 Å². The molecular formula is C21H23N3O4. The lowest BCUT2D eigenvalue weighted by Crippen LogP contribution is -2.32. The molecule has 1 aromatic heterocycles. The van der Waals surface area contributed by atoms with Gasteiger partial charge in [-0.15, -0.1) is 0 Å². The van der Waals surface area contributed by atoms with Gasteiger partial charge < -0.3 is 20.1 Å². The Labute approximate surface area is 163 Å². The zero-order valence-electron chi connectivity index (χ0n) is 15.7. The van der Waals surface area contributed by atoms with Crippen molar-refractivity contribution >= 4 is 23.3 Å². The number of amides is 1. The number of carboxylic acid groups (broad SMARTS) is 1. The van der Waals surface area contributed by atoms with Crippen LogP contribution in [-0.2, 0) is 20.7 Å². The number of carboxylic acids is 1. The highest BCUT2D eigenvalue weighted by molar-refractivity contribution is 6.22. The molecular weight excluding hydrogens is 358 g/mol. The fourth-order valence-corrected chi connectivity index (χ4v) is 3.11. The Morgan fingerprint density at radius 2 is 2.04 bits per heavy atom. The summed E-state index contributed by atoms with van der Waals surface area (Å²) in [5.41, 5.74) is 2.26. The van der Waals surface area contributed by atoms with E-state index >= 15 is 0 Å². The Kier molecular flexibility index (Phi) is 6.26. The summed E-state index contributed by atoms with van der Waals surface area (Å²) < 4.78 is 5.46. The van der Waals surface area contributed by atoms with E-state index in [1.807, 2.05) is 42.5 Å². The van der Waals surface area contributed by atoms with E-state index in [-0.39, 0.29) is 12.3 Å². The monoisotopic (exact) mass is 381 g/mol. The minimum Gasteiger partial charge on any atom is -0.498 e. The molecule has 2 N–H and O–H groups in total. The number of methoxy groups -OCH3 is 1. The smallest absolute Gasteiger partial charge is 0.303 e. The number of hydrogen-bond acceptors (Lipinski definition) is 5. The predicted molar refractivity (Wildman–Crippen MR) is 106 cm³/mol. The molecule has 3 rings (SSSR count). The third kappa shape index (κ3) is 4.68. The number of aliphatic carboxylic acids is 1. The van der Waals surface area contributed by atoms with Gasteiger partial charge in [-0.2, -0.15) is 0 Å². The summed E-state index contributed by atoms with van der Waals surface area (Å²) in [5, 5.41) is 12.0. The van der Waals surface area contributed by atoms with Gasteiger partial charge in [-0.3, -0.25) is 9.59 Å². The molecule has 1 aliphatic heterocycles. The van der Waals surface area contributed by atoms with Crippen LogP contribution in [0, 0.1) is 0 Å². The molecule has 7 nitrogen and oxygen atoms in total. The van der Waals surface area contributed by atoms with Crippen LogP contribution in [0.25, 0.3) is 5.57 Å². The summed E-state index contributed by atoms with van der Waals surface area (Å²) >= 11 is 0. The van der Waals surface area contributed by atoms with Crippen LogP contribution in [0.4, 0.5) is 5.82 Å². The third-order valence-electron chi connectivity index (χ3n) is 4.58. The molecule has 0 radical (unpaired) electrons. The molecule has 0 atom stereocenters. The fraction of sp³-hybridized carbons (Fsp3) is 0.286. The molecule has 0 unspecified atom stereocenters. The molecule has 0 aliphatic carbocycles. The molecule has 2 aromatic rings. The molecule has 2 heterocycles. The number of anilines is 1. The van der Waals surface area contributed by atoms with Crippen molar-refractivity contribution in [3.63, 3.8) is 0 Å². The predicted octanol–water partition coefficient (Wildman–Crippen LogP) is 2.41. The van der Waals surface area contributed by atoms with Gasteiger partial charge in [0.25, 0.3) is 5.91 Å². The minimum atomic E-state index is -0.825. The number of aryl methyl sites for hydroxylation is 1. The van der Waals surface area contributed by atoms with Gasteiger partial charge in [-0.1, -0.05) is 30.3 Å². The summed E-state index contributed by atoms with van der Waals surface area (Å²) in [6.45, 7) is 1.54. The highest BCUT2D eigenvalue weighted by atomic mass is 16.5. The number of carbonyl (C=O) groups excluding carboxylic acids is 1. The quantitative estimate of drug-likeness (QED) is 0.693. The van der Waals surface area contributed by atoms with E-state index in [0.717, 1.165) is 16.9 Å². The van der Waals surface area contributed by atoms with E-state index in [1.54, 1.807) is 18.2 Å². The van der Waals surface area contributed by atoms with Crippen molar-refractivity contribution in [3.8, 4) is 0 Å². The molecule has 1 aromatic carbocycles. The summed E-state index contributed by atoms with van der Waals surface area (Å²) in [5.74, 6) is 0.514. The van der Waals surface area contributed by atoms with Crippen LogP contribution in [-0.4, -0.2) is 53.6 Å². The summed E-state index contributed by atoms with van der Waals surface area (Å²) in [4.78, 5) is 29.5.